The van der Waals surface area contributed by atoms with Crippen LogP contribution in [0.4, 0.5) is 0 Å². The average Bonchev–Trinajstić information content (AvgIpc) is 2.71. The Morgan fingerprint density at radius 1 is 0.963 bits per heavy atom. The number of carbonyl (C=O) groups excluding carboxylic acids is 1. The zero-order chi connectivity index (χ0) is 19.3. The Hall–Kier alpha value is -2.57. The molecule has 2 aromatic rings. The first-order valence-electron chi connectivity index (χ1n) is 9.11. The number of ketones is 1. The van der Waals surface area contributed by atoms with Gasteiger partial charge in [-0.1, -0.05) is 25.1 Å². The van der Waals surface area contributed by atoms with Gasteiger partial charge in [-0.25, -0.2) is 0 Å². The molecule has 2 rings (SSSR count). The Kier molecular flexibility index (Phi) is 9.17. The molecule has 6 nitrogen and oxygen atoms in total. The van der Waals surface area contributed by atoms with Crippen LogP contribution in [-0.2, 0) is 4.79 Å². The van der Waals surface area contributed by atoms with Crippen LogP contribution in [0.25, 0.3) is 0 Å². The normalized spacial score (nSPS) is 11.6. The van der Waals surface area contributed by atoms with Gasteiger partial charge in [-0.15, -0.1) is 0 Å². The molecule has 0 unspecified atom stereocenters. The Morgan fingerprint density at radius 2 is 1.59 bits per heavy atom. The Labute approximate surface area is 160 Å². The van der Waals surface area contributed by atoms with E-state index in [0.29, 0.717) is 31.9 Å². The minimum Gasteiger partial charge on any atom is -0.492 e. The van der Waals surface area contributed by atoms with E-state index in [-0.39, 0.29) is 19.0 Å². The first kappa shape index (κ1) is 20.7. The number of aliphatic hydroxyl groups is 1. The van der Waals surface area contributed by atoms with Crippen molar-refractivity contribution >= 4 is 5.78 Å². The second-order valence-corrected chi connectivity index (χ2v) is 5.98. The number of rotatable bonds is 13. The van der Waals surface area contributed by atoms with E-state index in [1.54, 1.807) is 24.3 Å². The van der Waals surface area contributed by atoms with Gasteiger partial charge >= 0.3 is 0 Å². The summed E-state index contributed by atoms with van der Waals surface area (Å²) in [5, 5.41) is 13.0. The third-order valence-electron chi connectivity index (χ3n) is 3.73. The van der Waals surface area contributed by atoms with Crippen molar-refractivity contribution in [1.29, 1.82) is 0 Å². The summed E-state index contributed by atoms with van der Waals surface area (Å²) in [5.41, 5.74) is 0. The van der Waals surface area contributed by atoms with E-state index in [0.717, 1.165) is 11.5 Å². The molecule has 2 aromatic carbocycles. The van der Waals surface area contributed by atoms with Crippen LogP contribution in [0.2, 0.25) is 0 Å². The molecule has 0 heterocycles. The topological polar surface area (TPSA) is 77.0 Å². The van der Waals surface area contributed by atoms with Crippen molar-refractivity contribution in [3.8, 4) is 17.2 Å². The number of nitrogens with one attached hydrogen (secondary N) is 1. The highest BCUT2D eigenvalue weighted by Crippen LogP contribution is 2.17. The monoisotopic (exact) mass is 373 g/mol. The minimum atomic E-state index is -0.590. The lowest BCUT2D eigenvalue weighted by Crippen LogP contribution is -2.33. The summed E-state index contributed by atoms with van der Waals surface area (Å²) in [6, 6.07) is 16.5. The molecule has 27 heavy (non-hydrogen) atoms. The summed E-state index contributed by atoms with van der Waals surface area (Å²) in [4.78, 5) is 11.2. The molecule has 2 N–H and O–H groups in total. The Balaban J connectivity index is 1.55. The number of aliphatic hydroxyl groups excluding tert-OH is 1. The summed E-state index contributed by atoms with van der Waals surface area (Å²) in [6.07, 6.45) is -0.117. The summed E-state index contributed by atoms with van der Waals surface area (Å²) < 4.78 is 16.5. The molecule has 146 valence electrons. The van der Waals surface area contributed by atoms with Crippen LogP contribution in [0.3, 0.4) is 0 Å². The zero-order valence-electron chi connectivity index (χ0n) is 15.6. The highest BCUT2D eigenvalue weighted by atomic mass is 16.5. The van der Waals surface area contributed by atoms with Gasteiger partial charge in [0.25, 0.3) is 0 Å². The maximum Gasteiger partial charge on any atom is 0.169 e. The summed E-state index contributed by atoms with van der Waals surface area (Å²) in [6.45, 7) is 3.64. The maximum atomic E-state index is 11.2. The van der Waals surface area contributed by atoms with Gasteiger partial charge < -0.3 is 24.6 Å². The molecular weight excluding hydrogens is 346 g/mol. The van der Waals surface area contributed by atoms with Gasteiger partial charge in [-0.05, 0) is 36.4 Å². The van der Waals surface area contributed by atoms with Gasteiger partial charge in [0.05, 0.1) is 0 Å². The van der Waals surface area contributed by atoms with E-state index in [9.17, 15) is 9.90 Å². The predicted molar refractivity (Wildman–Crippen MR) is 104 cm³/mol. The molecule has 0 bridgehead atoms. The summed E-state index contributed by atoms with van der Waals surface area (Å²) in [5.74, 6) is 2.17. The van der Waals surface area contributed by atoms with Crippen LogP contribution in [-0.4, -0.2) is 49.9 Å². The van der Waals surface area contributed by atoms with Gasteiger partial charge in [-0.2, -0.15) is 0 Å². The third-order valence-corrected chi connectivity index (χ3v) is 3.73. The molecule has 0 aliphatic rings. The van der Waals surface area contributed by atoms with Gasteiger partial charge in [-0.3, -0.25) is 4.79 Å². The predicted octanol–water partition coefficient (Wildman–Crippen LogP) is 2.45. The van der Waals surface area contributed by atoms with Crippen LogP contribution < -0.4 is 19.5 Å². The molecule has 0 saturated carbocycles. The van der Waals surface area contributed by atoms with E-state index in [1.165, 1.54) is 0 Å². The lowest BCUT2D eigenvalue weighted by molar-refractivity contribution is -0.120. The smallest absolute Gasteiger partial charge is 0.169 e. The van der Waals surface area contributed by atoms with Crippen molar-refractivity contribution in [1.82, 2.24) is 5.32 Å². The number of Topliss-reactive ketones (excluding diaryl/α,β-unsaturated/α-hetero) is 1. The maximum absolute atomic E-state index is 11.2. The fourth-order valence-corrected chi connectivity index (χ4v) is 2.18. The molecule has 0 aliphatic heterocycles. The second-order valence-electron chi connectivity index (χ2n) is 5.98. The lowest BCUT2D eigenvalue weighted by atomic mass is 10.3. The van der Waals surface area contributed by atoms with Crippen LogP contribution in [0.15, 0.2) is 54.6 Å². The number of carbonyl (C=O) groups is 1. The number of hydrogen-bond donors (Lipinski definition) is 2. The van der Waals surface area contributed by atoms with Crippen LogP contribution in [0.1, 0.15) is 13.3 Å². The number of ether oxygens (including phenoxy) is 3. The highest BCUT2D eigenvalue weighted by Gasteiger charge is 2.05. The first-order valence-corrected chi connectivity index (χ1v) is 9.11. The van der Waals surface area contributed by atoms with E-state index in [1.807, 2.05) is 37.3 Å². The van der Waals surface area contributed by atoms with Gasteiger partial charge in [0.2, 0.25) is 0 Å². The molecule has 0 aromatic heterocycles. The molecule has 0 amide bonds. The van der Waals surface area contributed by atoms with E-state index in [2.05, 4.69) is 5.32 Å². The van der Waals surface area contributed by atoms with Crippen molar-refractivity contribution in [2.24, 2.45) is 0 Å². The van der Waals surface area contributed by atoms with Crippen molar-refractivity contribution in [2.45, 2.75) is 19.4 Å². The Morgan fingerprint density at radius 3 is 2.26 bits per heavy atom. The van der Waals surface area contributed by atoms with Crippen molar-refractivity contribution in [3.05, 3.63) is 54.6 Å². The molecule has 6 heteroatoms. The molecule has 0 fully saturated rings. The highest BCUT2D eigenvalue weighted by molar-refractivity contribution is 5.79. The number of benzene rings is 2. The van der Waals surface area contributed by atoms with E-state index in [4.69, 9.17) is 14.2 Å². The molecule has 0 radical (unpaired) electrons. The fourth-order valence-electron chi connectivity index (χ4n) is 2.18. The molecule has 1 atom stereocenters. The van der Waals surface area contributed by atoms with E-state index >= 15 is 0 Å². The standard InChI is InChI=1S/C21H27NO5/c1-2-17(23)15-26-21-10-8-20(9-11-21)25-13-12-22-14-18(24)16-27-19-6-4-3-5-7-19/h3-11,18,22,24H,2,12-16H2,1H3/t18-/m0/s1. The minimum absolute atomic E-state index is 0.0674. The van der Waals surface area contributed by atoms with Crippen LogP contribution >= 0.6 is 0 Å². The first-order chi connectivity index (χ1) is 13.2. The Bertz CT molecular complexity index is 660. The molecule has 0 aliphatic carbocycles. The summed E-state index contributed by atoms with van der Waals surface area (Å²) >= 11 is 0. The largest absolute Gasteiger partial charge is 0.492 e. The third kappa shape index (κ3) is 8.57. The van der Waals surface area contributed by atoms with Gasteiger partial charge in [0, 0.05) is 19.5 Å². The van der Waals surface area contributed by atoms with Crippen LogP contribution in [0, 0.1) is 0 Å². The molecule has 0 saturated heterocycles. The number of hydrogen-bond acceptors (Lipinski definition) is 6. The number of para-hydroxylation sites is 1. The average molecular weight is 373 g/mol. The second kappa shape index (κ2) is 11.9. The SMILES string of the molecule is CCC(=O)COc1ccc(OCCNC[C@H](O)COc2ccccc2)cc1. The van der Waals surface area contributed by atoms with E-state index < -0.39 is 6.10 Å². The quantitative estimate of drug-likeness (QED) is 0.525. The lowest BCUT2D eigenvalue weighted by Gasteiger charge is -2.13. The van der Waals surface area contributed by atoms with Gasteiger partial charge in [0.15, 0.2) is 5.78 Å². The fraction of sp³-hybridized carbons (Fsp3) is 0.381. The molecule has 0 spiro atoms. The van der Waals surface area contributed by atoms with Crippen molar-refractivity contribution in [3.63, 3.8) is 0 Å². The van der Waals surface area contributed by atoms with Crippen molar-refractivity contribution < 1.29 is 24.1 Å². The van der Waals surface area contributed by atoms with Crippen LogP contribution in [0.5, 0.6) is 17.2 Å². The summed E-state index contributed by atoms with van der Waals surface area (Å²) in [7, 11) is 0. The zero-order valence-corrected chi connectivity index (χ0v) is 15.6. The molecular formula is C21H27NO5. The van der Waals surface area contributed by atoms with Gasteiger partial charge in [0.1, 0.15) is 43.2 Å². The van der Waals surface area contributed by atoms with Crippen molar-refractivity contribution in [2.75, 3.05) is 32.9 Å².